The predicted molar refractivity (Wildman–Crippen MR) is 127 cm³/mol. The number of rotatable bonds is 20. The molecular formula is C27H54. The average molecular weight is 379 g/mol. The summed E-state index contributed by atoms with van der Waals surface area (Å²) in [7, 11) is 0. The lowest BCUT2D eigenvalue weighted by atomic mass is 9.89. The van der Waals surface area contributed by atoms with E-state index in [2.05, 4.69) is 39.8 Å². The van der Waals surface area contributed by atoms with Gasteiger partial charge in [-0.05, 0) is 37.5 Å². The van der Waals surface area contributed by atoms with Gasteiger partial charge in [-0.25, -0.2) is 0 Å². The van der Waals surface area contributed by atoms with Gasteiger partial charge in [-0.15, -0.1) is 0 Å². The minimum Gasteiger partial charge on any atom is -0.0885 e. The van der Waals surface area contributed by atoms with E-state index in [1.807, 2.05) is 0 Å². The molecule has 0 aliphatic rings. The fourth-order valence-electron chi connectivity index (χ4n) is 3.79. The molecule has 0 N–H and O–H groups in total. The van der Waals surface area contributed by atoms with Crippen molar-refractivity contribution in [2.75, 3.05) is 0 Å². The van der Waals surface area contributed by atoms with E-state index in [1.54, 1.807) is 0 Å². The Morgan fingerprint density at radius 3 is 1.15 bits per heavy atom. The molecule has 27 heavy (non-hydrogen) atoms. The largest absolute Gasteiger partial charge is 0.0885 e. The van der Waals surface area contributed by atoms with Crippen LogP contribution < -0.4 is 0 Å². The Morgan fingerprint density at radius 2 is 0.778 bits per heavy atom. The first-order chi connectivity index (χ1) is 13.1. The van der Waals surface area contributed by atoms with Crippen molar-refractivity contribution in [2.45, 2.75) is 156 Å². The second kappa shape index (κ2) is 20.5. The Kier molecular flexibility index (Phi) is 20.3. The Balaban J connectivity index is 3.09. The molecule has 0 saturated carbocycles. The molecule has 0 aliphatic heterocycles. The van der Waals surface area contributed by atoms with Gasteiger partial charge in [0.1, 0.15) is 0 Å². The van der Waals surface area contributed by atoms with Crippen molar-refractivity contribution in [1.82, 2.24) is 0 Å². The van der Waals surface area contributed by atoms with Gasteiger partial charge in [0.05, 0.1) is 0 Å². The summed E-state index contributed by atoms with van der Waals surface area (Å²) >= 11 is 0. The molecule has 0 aromatic carbocycles. The highest BCUT2D eigenvalue weighted by Gasteiger charge is 2.08. The molecule has 0 aliphatic carbocycles. The Morgan fingerprint density at radius 1 is 0.444 bits per heavy atom. The molecule has 0 saturated heterocycles. The van der Waals surface area contributed by atoms with E-state index < -0.39 is 0 Å². The maximum Gasteiger partial charge on any atom is -0.0351 e. The summed E-state index contributed by atoms with van der Waals surface area (Å²) in [6.07, 6.45) is 33.3. The van der Waals surface area contributed by atoms with E-state index in [4.69, 9.17) is 0 Å². The second-order valence-corrected chi connectivity index (χ2v) is 10.0. The Bertz CT molecular complexity index is 294. The van der Waals surface area contributed by atoms with Gasteiger partial charge in [0.25, 0.3) is 0 Å². The van der Waals surface area contributed by atoms with Crippen LogP contribution in [0.2, 0.25) is 0 Å². The molecule has 0 rings (SSSR count). The summed E-state index contributed by atoms with van der Waals surface area (Å²) in [5.74, 6) is 0. The Hall–Kier alpha value is -0.260. The van der Waals surface area contributed by atoms with Crippen LogP contribution in [-0.2, 0) is 0 Å². The highest BCUT2D eigenvalue weighted by atomic mass is 14.1. The van der Waals surface area contributed by atoms with Crippen molar-refractivity contribution in [2.24, 2.45) is 5.41 Å². The molecule has 0 spiro atoms. The zero-order valence-corrected chi connectivity index (χ0v) is 19.8. The van der Waals surface area contributed by atoms with Crippen molar-refractivity contribution < 1.29 is 0 Å². The predicted octanol–water partition coefficient (Wildman–Crippen LogP) is 10.4. The summed E-state index contributed by atoms with van der Waals surface area (Å²) in [5.41, 5.74) is 0.531. The summed E-state index contributed by atoms with van der Waals surface area (Å²) in [4.78, 5) is 0. The fraction of sp³-hybridized carbons (Fsp3) is 0.926. The zero-order chi connectivity index (χ0) is 20.1. The zero-order valence-electron chi connectivity index (χ0n) is 19.8. The molecule has 0 heteroatoms. The summed E-state index contributed by atoms with van der Waals surface area (Å²) in [6, 6.07) is 0. The molecule has 0 radical (unpaired) electrons. The molecular weight excluding hydrogens is 324 g/mol. The second-order valence-electron chi connectivity index (χ2n) is 10.0. The maximum absolute atomic E-state index is 2.44. The maximum atomic E-state index is 2.44. The van der Waals surface area contributed by atoms with Crippen molar-refractivity contribution in [3.05, 3.63) is 12.2 Å². The Labute approximate surface area is 174 Å². The van der Waals surface area contributed by atoms with Crippen LogP contribution in [-0.4, -0.2) is 0 Å². The lowest BCUT2D eigenvalue weighted by Crippen LogP contribution is -2.03. The van der Waals surface area contributed by atoms with E-state index in [0.29, 0.717) is 5.41 Å². The highest BCUT2D eigenvalue weighted by Crippen LogP contribution is 2.22. The fourth-order valence-corrected chi connectivity index (χ4v) is 3.79. The van der Waals surface area contributed by atoms with Crippen molar-refractivity contribution in [3.8, 4) is 0 Å². The van der Waals surface area contributed by atoms with Gasteiger partial charge in [0.15, 0.2) is 0 Å². The first-order valence-electron chi connectivity index (χ1n) is 12.7. The molecule has 0 nitrogen and oxygen atoms in total. The van der Waals surface area contributed by atoms with Crippen LogP contribution in [0.15, 0.2) is 12.2 Å². The quantitative estimate of drug-likeness (QED) is 0.146. The van der Waals surface area contributed by atoms with E-state index in [1.165, 1.54) is 128 Å². The van der Waals surface area contributed by atoms with Gasteiger partial charge in [-0.2, -0.15) is 0 Å². The topological polar surface area (TPSA) is 0 Å². The van der Waals surface area contributed by atoms with Gasteiger partial charge in [-0.1, -0.05) is 136 Å². The van der Waals surface area contributed by atoms with Crippen LogP contribution in [0.5, 0.6) is 0 Å². The number of hydrogen-bond acceptors (Lipinski definition) is 0. The summed E-state index contributed by atoms with van der Waals surface area (Å²) in [6.45, 7) is 9.37. The van der Waals surface area contributed by atoms with Crippen molar-refractivity contribution >= 4 is 0 Å². The van der Waals surface area contributed by atoms with E-state index in [0.717, 1.165) is 0 Å². The van der Waals surface area contributed by atoms with Crippen LogP contribution in [0.4, 0.5) is 0 Å². The molecule has 0 amide bonds. The smallest absolute Gasteiger partial charge is 0.0351 e. The monoisotopic (exact) mass is 378 g/mol. The number of hydrogen-bond donors (Lipinski definition) is 0. The van der Waals surface area contributed by atoms with Crippen molar-refractivity contribution in [3.63, 3.8) is 0 Å². The van der Waals surface area contributed by atoms with Gasteiger partial charge in [0.2, 0.25) is 0 Å². The molecule has 0 aromatic heterocycles. The molecule has 0 bridgehead atoms. The van der Waals surface area contributed by atoms with E-state index in [9.17, 15) is 0 Å². The normalized spacial score (nSPS) is 12.3. The molecule has 0 aromatic rings. The highest BCUT2D eigenvalue weighted by molar-refractivity contribution is 4.81. The molecule has 0 atom stereocenters. The molecule has 162 valence electrons. The van der Waals surface area contributed by atoms with Gasteiger partial charge < -0.3 is 0 Å². The molecule has 0 unspecified atom stereocenters. The lowest BCUT2D eigenvalue weighted by Gasteiger charge is -2.17. The van der Waals surface area contributed by atoms with E-state index in [-0.39, 0.29) is 0 Å². The van der Waals surface area contributed by atoms with Gasteiger partial charge in [-0.3, -0.25) is 0 Å². The minimum absolute atomic E-state index is 0.531. The first-order valence-corrected chi connectivity index (χ1v) is 12.7. The molecule has 0 heterocycles. The SMILES string of the molecule is CCCCCCCC/C=C\CCCCCCCCCCCCCC(C)(C)C. The standard InChI is InChI=1S/C27H54/c1-5-6-7-8-9-10-11-12-13-14-15-16-17-18-19-20-21-22-23-24-25-26-27(2,3)4/h12-13H,5-11,14-26H2,1-4H3/b13-12-. The van der Waals surface area contributed by atoms with E-state index >= 15 is 0 Å². The third kappa shape index (κ3) is 25.7. The number of allylic oxidation sites excluding steroid dienone is 2. The third-order valence-corrected chi connectivity index (χ3v) is 5.69. The molecule has 0 fully saturated rings. The van der Waals surface area contributed by atoms with Crippen LogP contribution in [0.25, 0.3) is 0 Å². The summed E-state index contributed by atoms with van der Waals surface area (Å²) in [5, 5.41) is 0. The van der Waals surface area contributed by atoms with Crippen LogP contribution in [0, 0.1) is 5.41 Å². The first kappa shape index (κ1) is 26.7. The lowest BCUT2D eigenvalue weighted by molar-refractivity contribution is 0.356. The van der Waals surface area contributed by atoms with Gasteiger partial charge in [0, 0.05) is 0 Å². The summed E-state index contributed by atoms with van der Waals surface area (Å²) < 4.78 is 0. The van der Waals surface area contributed by atoms with Gasteiger partial charge >= 0.3 is 0 Å². The minimum atomic E-state index is 0.531. The number of unbranched alkanes of at least 4 members (excludes halogenated alkanes) is 17. The van der Waals surface area contributed by atoms with Crippen LogP contribution in [0.1, 0.15) is 156 Å². The van der Waals surface area contributed by atoms with Crippen molar-refractivity contribution in [1.29, 1.82) is 0 Å². The average Bonchev–Trinajstić information content (AvgIpc) is 2.62. The third-order valence-electron chi connectivity index (χ3n) is 5.69. The van der Waals surface area contributed by atoms with Crippen LogP contribution >= 0.6 is 0 Å². The van der Waals surface area contributed by atoms with Crippen LogP contribution in [0.3, 0.4) is 0 Å².